The van der Waals surface area contributed by atoms with Crippen molar-refractivity contribution in [2.24, 2.45) is 0 Å². The first kappa shape index (κ1) is 11.0. The molecule has 0 unspecified atom stereocenters. The van der Waals surface area contributed by atoms with E-state index in [4.69, 9.17) is 4.42 Å². The van der Waals surface area contributed by atoms with Crippen LogP contribution in [-0.2, 0) is 6.54 Å². The van der Waals surface area contributed by atoms with E-state index in [0.717, 1.165) is 18.6 Å². The minimum absolute atomic E-state index is 0.0190. The van der Waals surface area contributed by atoms with E-state index in [1.54, 1.807) is 18.5 Å². The number of carbonyl (C=O) groups is 1. The van der Waals surface area contributed by atoms with E-state index in [2.05, 4.69) is 4.98 Å². The molecule has 0 aliphatic heterocycles. The van der Waals surface area contributed by atoms with Crippen LogP contribution in [0.4, 0.5) is 0 Å². The first-order chi connectivity index (χ1) is 8.84. The summed E-state index contributed by atoms with van der Waals surface area (Å²) in [6, 6.07) is 9.46. The van der Waals surface area contributed by atoms with Gasteiger partial charge in [0.1, 0.15) is 11.5 Å². The average Bonchev–Trinajstić information content (AvgIpc) is 3.13. The van der Waals surface area contributed by atoms with Crippen LogP contribution in [0.15, 0.2) is 47.2 Å². The number of hydrogen-bond donors (Lipinski definition) is 0. The van der Waals surface area contributed by atoms with Crippen LogP contribution in [0.3, 0.4) is 0 Å². The monoisotopic (exact) mass is 242 g/mol. The van der Waals surface area contributed by atoms with Crippen LogP contribution in [-0.4, -0.2) is 21.8 Å². The lowest BCUT2D eigenvalue weighted by Crippen LogP contribution is -2.33. The molecule has 18 heavy (non-hydrogen) atoms. The molecule has 92 valence electrons. The predicted molar refractivity (Wildman–Crippen MR) is 65.8 cm³/mol. The molecule has 2 aromatic heterocycles. The summed E-state index contributed by atoms with van der Waals surface area (Å²) in [5, 5.41) is 0. The van der Waals surface area contributed by atoms with Gasteiger partial charge in [-0.3, -0.25) is 9.78 Å². The first-order valence-electron chi connectivity index (χ1n) is 6.09. The van der Waals surface area contributed by atoms with Gasteiger partial charge in [0.25, 0.3) is 5.91 Å². The Kier molecular flexibility index (Phi) is 2.84. The highest BCUT2D eigenvalue weighted by molar-refractivity contribution is 5.92. The van der Waals surface area contributed by atoms with Crippen LogP contribution in [0, 0.1) is 0 Å². The molecule has 1 aliphatic carbocycles. The minimum atomic E-state index is -0.0190. The third-order valence-corrected chi connectivity index (χ3v) is 3.04. The number of hydrogen-bond acceptors (Lipinski definition) is 3. The zero-order valence-electron chi connectivity index (χ0n) is 9.95. The molecule has 0 aromatic carbocycles. The largest absolute Gasteiger partial charge is 0.467 e. The van der Waals surface area contributed by atoms with Crippen molar-refractivity contribution in [2.45, 2.75) is 25.4 Å². The molecule has 0 atom stereocenters. The number of amides is 1. The molecule has 0 spiro atoms. The Labute approximate surface area is 105 Å². The number of carbonyl (C=O) groups excluding carboxylic acids is 1. The maximum absolute atomic E-state index is 12.4. The molecule has 0 N–H and O–H groups in total. The van der Waals surface area contributed by atoms with Crippen LogP contribution >= 0.6 is 0 Å². The van der Waals surface area contributed by atoms with Crippen molar-refractivity contribution in [1.82, 2.24) is 9.88 Å². The number of furan rings is 1. The maximum Gasteiger partial charge on any atom is 0.273 e. The van der Waals surface area contributed by atoms with E-state index in [-0.39, 0.29) is 5.91 Å². The zero-order valence-corrected chi connectivity index (χ0v) is 9.95. The maximum atomic E-state index is 12.4. The molecular formula is C14H14N2O2. The lowest BCUT2D eigenvalue weighted by atomic mass is 10.3. The molecule has 0 radical (unpaired) electrons. The molecule has 4 nitrogen and oxygen atoms in total. The van der Waals surface area contributed by atoms with Gasteiger partial charge in [-0.2, -0.15) is 0 Å². The second-order valence-corrected chi connectivity index (χ2v) is 4.46. The summed E-state index contributed by atoms with van der Waals surface area (Å²) in [5.74, 6) is 0.792. The Balaban J connectivity index is 1.80. The fourth-order valence-corrected chi connectivity index (χ4v) is 1.96. The molecule has 2 aromatic rings. The second kappa shape index (κ2) is 4.64. The van der Waals surface area contributed by atoms with Crippen LogP contribution in [0.5, 0.6) is 0 Å². The molecule has 1 amide bonds. The van der Waals surface area contributed by atoms with E-state index in [9.17, 15) is 4.79 Å². The third kappa shape index (κ3) is 2.27. The topological polar surface area (TPSA) is 46.3 Å². The summed E-state index contributed by atoms with van der Waals surface area (Å²) in [6.07, 6.45) is 5.41. The van der Waals surface area contributed by atoms with Gasteiger partial charge >= 0.3 is 0 Å². The number of pyridine rings is 1. The number of nitrogens with zero attached hydrogens (tertiary/aromatic N) is 2. The summed E-state index contributed by atoms with van der Waals surface area (Å²) in [7, 11) is 0. The number of rotatable bonds is 4. The highest BCUT2D eigenvalue weighted by atomic mass is 16.3. The van der Waals surface area contributed by atoms with Gasteiger partial charge in [0.15, 0.2) is 0 Å². The van der Waals surface area contributed by atoms with Crippen molar-refractivity contribution in [3.63, 3.8) is 0 Å². The summed E-state index contributed by atoms with van der Waals surface area (Å²) in [5.41, 5.74) is 0.496. The Hall–Kier alpha value is -2.10. The van der Waals surface area contributed by atoms with Crippen LogP contribution in [0.25, 0.3) is 0 Å². The average molecular weight is 242 g/mol. The molecule has 0 saturated heterocycles. The second-order valence-electron chi connectivity index (χ2n) is 4.46. The van der Waals surface area contributed by atoms with Crippen molar-refractivity contribution in [3.05, 3.63) is 54.2 Å². The highest BCUT2D eigenvalue weighted by Gasteiger charge is 2.33. The van der Waals surface area contributed by atoms with Crippen molar-refractivity contribution < 1.29 is 9.21 Å². The van der Waals surface area contributed by atoms with Crippen LogP contribution in [0.1, 0.15) is 29.1 Å². The van der Waals surface area contributed by atoms with Gasteiger partial charge in [-0.25, -0.2) is 0 Å². The Morgan fingerprint density at radius 1 is 1.33 bits per heavy atom. The van der Waals surface area contributed by atoms with Gasteiger partial charge < -0.3 is 9.32 Å². The molecule has 3 rings (SSSR count). The third-order valence-electron chi connectivity index (χ3n) is 3.04. The van der Waals surface area contributed by atoms with Gasteiger partial charge in [-0.1, -0.05) is 6.07 Å². The quantitative estimate of drug-likeness (QED) is 0.827. The van der Waals surface area contributed by atoms with E-state index in [1.165, 1.54) is 0 Å². The summed E-state index contributed by atoms with van der Waals surface area (Å²) in [6.45, 7) is 0.521. The fraction of sp³-hybridized carbons (Fsp3) is 0.286. The van der Waals surface area contributed by atoms with Gasteiger partial charge in [0.05, 0.1) is 12.8 Å². The molecule has 2 heterocycles. The highest BCUT2D eigenvalue weighted by Crippen LogP contribution is 2.29. The van der Waals surface area contributed by atoms with Crippen LogP contribution in [0.2, 0.25) is 0 Å². The van der Waals surface area contributed by atoms with Crippen molar-refractivity contribution in [2.75, 3.05) is 0 Å². The van der Waals surface area contributed by atoms with E-state index < -0.39 is 0 Å². The normalized spacial score (nSPS) is 14.4. The predicted octanol–water partition coefficient (Wildman–Crippen LogP) is 2.48. The Morgan fingerprint density at radius 2 is 2.22 bits per heavy atom. The minimum Gasteiger partial charge on any atom is -0.467 e. The van der Waals surface area contributed by atoms with E-state index in [0.29, 0.717) is 18.3 Å². The first-order valence-corrected chi connectivity index (χ1v) is 6.09. The van der Waals surface area contributed by atoms with Gasteiger partial charge in [0, 0.05) is 12.2 Å². The summed E-state index contributed by atoms with van der Waals surface area (Å²) >= 11 is 0. The van der Waals surface area contributed by atoms with Crippen molar-refractivity contribution in [1.29, 1.82) is 0 Å². The Bertz CT molecular complexity index is 518. The fourth-order valence-electron chi connectivity index (χ4n) is 1.96. The zero-order chi connectivity index (χ0) is 12.4. The van der Waals surface area contributed by atoms with E-state index in [1.807, 2.05) is 29.2 Å². The van der Waals surface area contributed by atoms with Crippen molar-refractivity contribution in [3.8, 4) is 0 Å². The lowest BCUT2D eigenvalue weighted by Gasteiger charge is -2.20. The standard InChI is InChI=1S/C14H14N2O2/c17-14(13-5-1-2-8-15-13)16(11-6-7-11)10-12-4-3-9-18-12/h1-5,8-9,11H,6-7,10H2. The van der Waals surface area contributed by atoms with E-state index >= 15 is 0 Å². The molecular weight excluding hydrogens is 228 g/mol. The SMILES string of the molecule is O=C(c1ccccn1)N(Cc1ccco1)C1CC1. The lowest BCUT2D eigenvalue weighted by molar-refractivity contribution is 0.0711. The van der Waals surface area contributed by atoms with Gasteiger partial charge in [-0.15, -0.1) is 0 Å². The smallest absolute Gasteiger partial charge is 0.273 e. The van der Waals surface area contributed by atoms with Crippen molar-refractivity contribution >= 4 is 5.91 Å². The molecule has 4 heteroatoms. The Morgan fingerprint density at radius 3 is 2.83 bits per heavy atom. The molecule has 1 fully saturated rings. The van der Waals surface area contributed by atoms with Gasteiger partial charge in [-0.05, 0) is 37.1 Å². The van der Waals surface area contributed by atoms with Crippen LogP contribution < -0.4 is 0 Å². The summed E-state index contributed by atoms with van der Waals surface area (Å²) in [4.78, 5) is 18.3. The van der Waals surface area contributed by atoms with Gasteiger partial charge in [0.2, 0.25) is 0 Å². The molecule has 1 saturated carbocycles. The molecule has 1 aliphatic rings. The number of aromatic nitrogens is 1. The molecule has 0 bridgehead atoms. The summed E-state index contributed by atoms with van der Waals surface area (Å²) < 4.78 is 5.31.